The van der Waals surface area contributed by atoms with E-state index < -0.39 is 12.7 Å². The number of rotatable bonds is 1. The van der Waals surface area contributed by atoms with Crippen LogP contribution in [0.25, 0.3) is 10.9 Å². The van der Waals surface area contributed by atoms with Crippen molar-refractivity contribution in [1.29, 1.82) is 0 Å². The lowest BCUT2D eigenvalue weighted by atomic mass is 10.3. The Morgan fingerprint density at radius 2 is 2.13 bits per heavy atom. The molecule has 80 valence electrons. The van der Waals surface area contributed by atoms with E-state index in [0.29, 0.717) is 10.9 Å². The molecule has 0 aromatic carbocycles. The molecule has 0 spiro atoms. The van der Waals surface area contributed by atoms with Crippen LogP contribution in [0.2, 0.25) is 5.15 Å². The van der Waals surface area contributed by atoms with Gasteiger partial charge in [0, 0.05) is 11.6 Å². The lowest BCUT2D eigenvalue weighted by molar-refractivity contribution is -0.139. The third-order valence-corrected chi connectivity index (χ3v) is 2.18. The van der Waals surface area contributed by atoms with Gasteiger partial charge in [-0.1, -0.05) is 11.6 Å². The molecule has 0 saturated carbocycles. The Bertz CT molecular complexity index is 490. The predicted molar refractivity (Wildman–Crippen MR) is 50.8 cm³/mol. The normalized spacial score (nSPS) is 12.3. The molecular formula is C9H6ClF3N2. The van der Waals surface area contributed by atoms with Gasteiger partial charge in [0.25, 0.3) is 0 Å². The molecule has 6 heteroatoms. The summed E-state index contributed by atoms with van der Waals surface area (Å²) in [5, 5.41) is 0.923. The molecule has 0 atom stereocenters. The van der Waals surface area contributed by atoms with E-state index in [1.54, 1.807) is 6.07 Å². The van der Waals surface area contributed by atoms with Gasteiger partial charge in [-0.25, -0.2) is 4.98 Å². The Hall–Kier alpha value is -1.23. The molecule has 2 aromatic rings. The van der Waals surface area contributed by atoms with Crippen molar-refractivity contribution in [2.45, 2.75) is 12.7 Å². The van der Waals surface area contributed by atoms with Crippen molar-refractivity contribution in [3.8, 4) is 0 Å². The quantitative estimate of drug-likeness (QED) is 0.693. The van der Waals surface area contributed by atoms with Gasteiger partial charge >= 0.3 is 6.18 Å². The van der Waals surface area contributed by atoms with Crippen LogP contribution in [0.15, 0.2) is 24.5 Å². The molecule has 0 fully saturated rings. The Morgan fingerprint density at radius 3 is 2.80 bits per heavy atom. The van der Waals surface area contributed by atoms with Crippen molar-refractivity contribution in [2.24, 2.45) is 0 Å². The second kappa shape index (κ2) is 3.41. The minimum atomic E-state index is -4.23. The Labute approximate surface area is 88.3 Å². The molecule has 0 aliphatic rings. The molecule has 0 bridgehead atoms. The zero-order valence-corrected chi connectivity index (χ0v) is 8.18. The minimum absolute atomic E-state index is 0.271. The van der Waals surface area contributed by atoms with Crippen molar-refractivity contribution in [3.63, 3.8) is 0 Å². The van der Waals surface area contributed by atoms with Gasteiger partial charge in [0.15, 0.2) is 0 Å². The van der Waals surface area contributed by atoms with Crippen LogP contribution in [0.5, 0.6) is 0 Å². The molecule has 0 amide bonds. The summed E-state index contributed by atoms with van der Waals surface area (Å²) >= 11 is 5.62. The maximum Gasteiger partial charge on any atom is 0.406 e. The van der Waals surface area contributed by atoms with Gasteiger partial charge in [-0.05, 0) is 12.1 Å². The Kier molecular flexibility index (Phi) is 2.34. The highest BCUT2D eigenvalue weighted by Crippen LogP contribution is 2.23. The van der Waals surface area contributed by atoms with Gasteiger partial charge < -0.3 is 4.57 Å². The molecule has 0 unspecified atom stereocenters. The molecule has 2 nitrogen and oxygen atoms in total. The smallest absolute Gasteiger partial charge is 0.337 e. The number of fused-ring (bicyclic) bond motifs is 1. The van der Waals surface area contributed by atoms with Crippen molar-refractivity contribution >= 4 is 22.5 Å². The number of alkyl halides is 3. The Balaban J connectivity index is 2.45. The molecule has 0 N–H and O–H groups in total. The zero-order chi connectivity index (χ0) is 11.1. The number of pyridine rings is 1. The maximum atomic E-state index is 12.2. The van der Waals surface area contributed by atoms with E-state index in [4.69, 9.17) is 11.6 Å². The highest BCUT2D eigenvalue weighted by molar-refractivity contribution is 6.30. The third-order valence-electron chi connectivity index (χ3n) is 1.97. The summed E-state index contributed by atoms with van der Waals surface area (Å²) in [5.74, 6) is 0. The second-order valence-corrected chi connectivity index (χ2v) is 3.51. The average molecular weight is 235 g/mol. The largest absolute Gasteiger partial charge is 0.406 e. The van der Waals surface area contributed by atoms with E-state index in [9.17, 15) is 13.2 Å². The number of halogens is 4. The predicted octanol–water partition coefficient (Wildman–Crippen LogP) is 3.25. The second-order valence-electron chi connectivity index (χ2n) is 3.12. The summed E-state index contributed by atoms with van der Waals surface area (Å²) in [6.45, 7) is -1.01. The molecular weight excluding hydrogens is 229 g/mol. The SMILES string of the molecule is FC(F)(F)Cn1ccc2cc(Cl)ncc21. The van der Waals surface area contributed by atoms with Crippen molar-refractivity contribution in [2.75, 3.05) is 0 Å². The molecule has 15 heavy (non-hydrogen) atoms. The van der Waals surface area contributed by atoms with Gasteiger partial charge in [0.1, 0.15) is 11.7 Å². The van der Waals surface area contributed by atoms with E-state index >= 15 is 0 Å². The summed E-state index contributed by atoms with van der Waals surface area (Å²) in [7, 11) is 0. The van der Waals surface area contributed by atoms with Crippen LogP contribution in [0.4, 0.5) is 13.2 Å². The number of aromatic nitrogens is 2. The van der Waals surface area contributed by atoms with E-state index in [-0.39, 0.29) is 5.15 Å². The lowest BCUT2D eigenvalue weighted by Gasteiger charge is -2.08. The summed E-state index contributed by atoms with van der Waals surface area (Å²) in [6.07, 6.45) is -1.52. The number of nitrogens with zero attached hydrogens (tertiary/aromatic N) is 2. The topological polar surface area (TPSA) is 17.8 Å². The van der Waals surface area contributed by atoms with E-state index in [1.807, 2.05) is 0 Å². The summed E-state index contributed by atoms with van der Waals surface area (Å²) in [6, 6.07) is 3.11. The fraction of sp³-hybridized carbons (Fsp3) is 0.222. The van der Waals surface area contributed by atoms with Gasteiger partial charge in [-0.2, -0.15) is 13.2 Å². The van der Waals surface area contributed by atoms with Crippen molar-refractivity contribution in [1.82, 2.24) is 9.55 Å². The van der Waals surface area contributed by atoms with Crippen LogP contribution >= 0.6 is 11.6 Å². The first-order valence-electron chi connectivity index (χ1n) is 4.13. The number of hydrogen-bond donors (Lipinski definition) is 0. The van der Waals surface area contributed by atoms with E-state index in [1.165, 1.54) is 18.5 Å². The molecule has 0 saturated heterocycles. The Morgan fingerprint density at radius 1 is 1.40 bits per heavy atom. The van der Waals surface area contributed by atoms with Gasteiger partial charge in [-0.3, -0.25) is 0 Å². The van der Waals surface area contributed by atoms with Crippen molar-refractivity contribution < 1.29 is 13.2 Å². The van der Waals surface area contributed by atoms with Gasteiger partial charge in [-0.15, -0.1) is 0 Å². The minimum Gasteiger partial charge on any atom is -0.337 e. The van der Waals surface area contributed by atoms with Crippen LogP contribution in [0, 0.1) is 0 Å². The lowest BCUT2D eigenvalue weighted by Crippen LogP contribution is -2.16. The molecule has 2 heterocycles. The first kappa shape index (κ1) is 10.3. The van der Waals surface area contributed by atoms with Gasteiger partial charge in [0.2, 0.25) is 0 Å². The monoisotopic (exact) mass is 234 g/mol. The van der Waals surface area contributed by atoms with Crippen LogP contribution in [-0.2, 0) is 6.54 Å². The first-order chi connectivity index (χ1) is 6.96. The van der Waals surface area contributed by atoms with E-state index in [2.05, 4.69) is 4.98 Å². The molecule has 2 aromatic heterocycles. The molecule has 0 radical (unpaired) electrons. The first-order valence-corrected chi connectivity index (χ1v) is 4.51. The molecule has 2 rings (SSSR count). The highest BCUT2D eigenvalue weighted by atomic mass is 35.5. The van der Waals surface area contributed by atoms with Crippen LogP contribution in [-0.4, -0.2) is 15.7 Å². The van der Waals surface area contributed by atoms with Crippen molar-refractivity contribution in [3.05, 3.63) is 29.7 Å². The van der Waals surface area contributed by atoms with E-state index in [0.717, 1.165) is 4.57 Å². The maximum absolute atomic E-state index is 12.2. The number of hydrogen-bond acceptors (Lipinski definition) is 1. The standard InChI is InChI=1S/C9H6ClF3N2/c10-8-3-6-1-2-15(5-9(11,12)13)7(6)4-14-8/h1-4H,5H2. The summed E-state index contributed by atoms with van der Waals surface area (Å²) < 4.78 is 37.6. The van der Waals surface area contributed by atoms with Gasteiger partial charge in [0.05, 0.1) is 11.7 Å². The average Bonchev–Trinajstić information content (AvgIpc) is 2.45. The fourth-order valence-electron chi connectivity index (χ4n) is 1.39. The summed E-state index contributed by atoms with van der Waals surface area (Å²) in [4.78, 5) is 3.75. The highest BCUT2D eigenvalue weighted by Gasteiger charge is 2.28. The zero-order valence-electron chi connectivity index (χ0n) is 7.42. The van der Waals surface area contributed by atoms with Crippen LogP contribution in [0.1, 0.15) is 0 Å². The molecule has 0 aliphatic carbocycles. The fourth-order valence-corrected chi connectivity index (χ4v) is 1.56. The van der Waals surface area contributed by atoms with Crippen LogP contribution in [0.3, 0.4) is 0 Å². The third kappa shape index (κ3) is 2.23. The van der Waals surface area contributed by atoms with Crippen LogP contribution < -0.4 is 0 Å². The molecule has 0 aliphatic heterocycles. The summed E-state index contributed by atoms with van der Waals surface area (Å²) in [5.41, 5.74) is 0.428.